The minimum Gasteiger partial charge on any atom is -0.746 e. The van der Waals surface area contributed by atoms with Crippen LogP contribution in [0.4, 0.5) is 17.1 Å². The predicted octanol–water partition coefficient (Wildman–Crippen LogP) is -11.6. The summed E-state index contributed by atoms with van der Waals surface area (Å²) in [6.45, 7) is 0. The first-order valence-electron chi connectivity index (χ1n) is 13.4. The fraction of sp³-hybridized carbons (Fsp3) is 0.0714. The molecule has 26 heteroatoms. The molecule has 0 heterocycles. The Morgan fingerprint density at radius 2 is 1.04 bits per heavy atom. The summed E-state index contributed by atoms with van der Waals surface area (Å²) in [5, 5.41) is 4.38. The third-order valence-corrected chi connectivity index (χ3v) is 12.4. The number of anilines is 3. The maximum Gasteiger partial charge on any atom is 1.00 e. The van der Waals surface area contributed by atoms with E-state index in [-0.39, 0.29) is 141 Å². The van der Waals surface area contributed by atoms with E-state index < -0.39 is 95.0 Å². The summed E-state index contributed by atoms with van der Waals surface area (Å²) >= 11 is 0. The average Bonchev–Trinajstić information content (AvgIpc) is 2.98. The number of nitrogens with two attached hydrogens (primary N) is 2. The van der Waals surface area contributed by atoms with Crippen molar-refractivity contribution >= 4 is 75.4 Å². The first-order valence-corrected chi connectivity index (χ1v) is 19.0. The molecule has 1 aliphatic carbocycles. The number of carbonyl (C=O) groups excluding carboxylic acids is 2. The van der Waals surface area contributed by atoms with Gasteiger partial charge in [0.2, 0.25) is 0 Å². The molecule has 0 saturated carbocycles. The van der Waals surface area contributed by atoms with Gasteiger partial charge in [-0.15, -0.1) is 0 Å². The Hall–Kier alpha value is -0.940. The summed E-state index contributed by atoms with van der Waals surface area (Å²) in [7, 11) is -22.5. The van der Waals surface area contributed by atoms with Gasteiger partial charge in [-0.1, -0.05) is 30.4 Å². The molecule has 0 saturated heterocycles. The minimum absolute atomic E-state index is 0. The monoisotopic (exact) mass is 858 g/mol. The summed E-state index contributed by atoms with van der Waals surface area (Å²) in [6, 6.07) is 10.8. The van der Waals surface area contributed by atoms with Crippen LogP contribution in [0.15, 0.2) is 100.0 Å². The van der Waals surface area contributed by atoms with Crippen LogP contribution in [0.3, 0.4) is 0 Å². The summed E-state index contributed by atoms with van der Waals surface area (Å²) in [5.41, 5.74) is 8.28. The fourth-order valence-corrected chi connectivity index (χ4v) is 8.66. The van der Waals surface area contributed by atoms with Crippen LogP contribution >= 0.6 is 0 Å². The molecule has 0 atom stereocenters. The number of hydrogen-bond acceptors (Lipinski definition) is 16. The van der Waals surface area contributed by atoms with Gasteiger partial charge in [0.15, 0.2) is 4.08 Å². The van der Waals surface area contributed by atoms with Crippen molar-refractivity contribution < 1.29 is 180 Å². The van der Waals surface area contributed by atoms with Crippen LogP contribution < -0.4 is 140 Å². The van der Waals surface area contributed by atoms with E-state index >= 15 is 0 Å². The van der Waals surface area contributed by atoms with Gasteiger partial charge in [0.25, 0.3) is 11.8 Å². The van der Waals surface area contributed by atoms with E-state index in [0.29, 0.717) is 6.07 Å². The van der Waals surface area contributed by atoms with Crippen LogP contribution in [-0.2, 0) is 40.5 Å². The average molecular weight is 859 g/mol. The molecule has 0 aromatic heterocycles. The third-order valence-electron chi connectivity index (χ3n) is 7.07. The van der Waals surface area contributed by atoms with Crippen molar-refractivity contribution in [3.8, 4) is 0 Å². The molecule has 0 radical (unpaired) electrons. The fourth-order valence-electron chi connectivity index (χ4n) is 4.73. The van der Waals surface area contributed by atoms with Gasteiger partial charge in [0.1, 0.15) is 40.5 Å². The van der Waals surface area contributed by atoms with Gasteiger partial charge in [-0.05, 0) is 65.7 Å². The van der Waals surface area contributed by atoms with Crippen molar-refractivity contribution in [2.24, 2.45) is 0 Å². The Morgan fingerprint density at radius 3 is 1.44 bits per heavy atom. The number of rotatable bonds is 10. The predicted molar refractivity (Wildman–Crippen MR) is 171 cm³/mol. The molecular formula is C28H22N4Na4O14S4. The Bertz CT molecular complexity index is 2440. The standard InChI is InChI=1S/C28H26N4O14S4.4Na/c29-18-6-11-22(24(13-18)47(35,36)37)26(33)31-20-8-2-16(3-9-20)1-4-17-5-10-21(15-28(17,49(41,42)43)50(44,45)46)32-27(34)23-12-7-19(30)14-25(23)48(38,39)40;;;;/h1-14H,15,29-30H2,(H,31,33)(H,32,34)(H,35,36,37)(H,38,39,40)(H,41,42,43)(H,44,45,46);;;;/q;4*+1/p-4. The third kappa shape index (κ3) is 12.3. The summed E-state index contributed by atoms with van der Waals surface area (Å²) in [4.78, 5) is 23.7. The molecule has 0 spiro atoms. The Labute approximate surface area is 398 Å². The molecule has 18 nitrogen and oxygen atoms in total. The molecule has 6 N–H and O–H groups in total. The van der Waals surface area contributed by atoms with Crippen molar-refractivity contribution in [2.75, 3.05) is 16.8 Å². The van der Waals surface area contributed by atoms with Crippen molar-refractivity contribution in [1.29, 1.82) is 0 Å². The number of carbonyl (C=O) groups is 2. The molecule has 266 valence electrons. The first-order chi connectivity index (χ1) is 22.9. The minimum atomic E-state index is -6.08. The summed E-state index contributed by atoms with van der Waals surface area (Å²) < 4.78 is 141. The van der Waals surface area contributed by atoms with E-state index in [9.17, 15) is 61.5 Å². The molecule has 54 heavy (non-hydrogen) atoms. The second-order valence-corrected chi connectivity index (χ2v) is 16.6. The van der Waals surface area contributed by atoms with E-state index in [1.807, 2.05) is 5.32 Å². The zero-order chi connectivity index (χ0) is 37.4. The molecule has 0 bridgehead atoms. The molecule has 3 aromatic rings. The van der Waals surface area contributed by atoms with Gasteiger partial charge < -0.3 is 40.3 Å². The number of hydrogen-bond donors (Lipinski definition) is 4. The number of benzene rings is 3. The van der Waals surface area contributed by atoms with Gasteiger partial charge in [-0.2, -0.15) is 0 Å². The molecule has 0 unspecified atom stereocenters. The molecule has 3 aromatic carbocycles. The van der Waals surface area contributed by atoms with Crippen LogP contribution in [0.2, 0.25) is 0 Å². The number of nitrogen functional groups attached to an aromatic ring is 2. The zero-order valence-corrected chi connectivity index (χ0v) is 40.1. The molecule has 0 aliphatic heterocycles. The first kappa shape index (κ1) is 53.1. The van der Waals surface area contributed by atoms with Crippen molar-refractivity contribution in [1.82, 2.24) is 5.32 Å². The summed E-state index contributed by atoms with van der Waals surface area (Å²) in [5.74, 6) is -2.33. The van der Waals surface area contributed by atoms with Gasteiger partial charge in [-0.25, -0.2) is 33.7 Å². The van der Waals surface area contributed by atoms with Crippen LogP contribution in [0.5, 0.6) is 0 Å². The van der Waals surface area contributed by atoms with Crippen LogP contribution in [0.25, 0.3) is 6.08 Å². The Kier molecular flexibility index (Phi) is 19.8. The second-order valence-electron chi connectivity index (χ2n) is 10.4. The molecule has 1 aliphatic rings. The normalized spacial score (nSPS) is 14.1. The van der Waals surface area contributed by atoms with Crippen molar-refractivity contribution in [3.63, 3.8) is 0 Å². The van der Waals surface area contributed by atoms with E-state index in [4.69, 9.17) is 11.5 Å². The topological polar surface area (TPSA) is 339 Å². The van der Waals surface area contributed by atoms with Crippen LogP contribution in [-0.4, -0.2) is 67.8 Å². The quantitative estimate of drug-likeness (QED) is 0.0835. The van der Waals surface area contributed by atoms with E-state index in [0.717, 1.165) is 48.6 Å². The summed E-state index contributed by atoms with van der Waals surface area (Å²) in [6.07, 6.45) is 2.20. The van der Waals surface area contributed by atoms with Crippen molar-refractivity contribution in [3.05, 3.63) is 107 Å². The maximum atomic E-state index is 12.9. The SMILES string of the molecule is Nc1ccc(C(=O)NC2=CC=C(C=Cc3ccc(NC(=O)c4ccc(N)cc4S(=O)(=O)[O-])cc3)C(S(=O)(=O)[O-])(S(=O)(=O)[O-])C2)c(S(=O)(=O)[O-])c1.[Na+].[Na+].[Na+].[Na+]. The molecule has 4 rings (SSSR count). The maximum absolute atomic E-state index is 12.9. The molecule has 2 amide bonds. The van der Waals surface area contributed by atoms with Gasteiger partial charge >= 0.3 is 118 Å². The smallest absolute Gasteiger partial charge is 0.746 e. The number of allylic oxidation sites excluding steroid dienone is 4. The number of nitrogens with one attached hydrogen (secondary N) is 2. The Morgan fingerprint density at radius 1 is 0.611 bits per heavy atom. The Balaban J connectivity index is 0.00000702. The van der Waals surface area contributed by atoms with Gasteiger partial charge in [0, 0.05) is 29.2 Å². The molecule has 0 fully saturated rings. The zero-order valence-electron chi connectivity index (χ0n) is 28.8. The van der Waals surface area contributed by atoms with Crippen LogP contribution in [0.1, 0.15) is 32.7 Å². The number of amides is 2. The van der Waals surface area contributed by atoms with Crippen molar-refractivity contribution in [2.45, 2.75) is 20.3 Å². The second kappa shape index (κ2) is 20.2. The molecular weight excluding hydrogens is 837 g/mol. The van der Waals surface area contributed by atoms with Gasteiger partial charge in [-0.3, -0.25) is 9.59 Å². The van der Waals surface area contributed by atoms with Gasteiger partial charge in [0.05, 0.1) is 20.9 Å². The van der Waals surface area contributed by atoms with E-state index in [1.165, 1.54) is 30.3 Å². The van der Waals surface area contributed by atoms with E-state index in [2.05, 4.69) is 5.32 Å². The largest absolute Gasteiger partial charge is 1.00 e. The van der Waals surface area contributed by atoms with E-state index in [1.54, 1.807) is 0 Å². The van der Waals surface area contributed by atoms with Crippen LogP contribution in [0, 0.1) is 0 Å².